The number of nitrogens with zero attached hydrogens (tertiary/aromatic N) is 7. The first-order valence-corrected chi connectivity index (χ1v) is 17.4. The zero-order valence-electron chi connectivity index (χ0n) is 27.8. The Morgan fingerprint density at radius 2 is 1.75 bits per heavy atom. The molecule has 3 aliphatic rings. The number of nitrogens with one attached hydrogen (secondary N) is 2. The minimum atomic E-state index is -3.86. The maximum atomic E-state index is 13.8. The second kappa shape index (κ2) is 12.5. The van der Waals surface area contributed by atoms with Crippen molar-refractivity contribution in [3.8, 4) is 45.3 Å². The predicted molar refractivity (Wildman–Crippen MR) is 191 cm³/mol. The van der Waals surface area contributed by atoms with Crippen LogP contribution in [0.1, 0.15) is 59.3 Å². The summed E-state index contributed by atoms with van der Waals surface area (Å²) in [6.07, 6.45) is 15.0. The molecule has 0 radical (unpaired) electrons. The van der Waals surface area contributed by atoms with Gasteiger partial charge in [-0.05, 0) is 72.5 Å². The lowest BCUT2D eigenvalue weighted by atomic mass is 9.68. The molecule has 0 unspecified atom stereocenters. The molecule has 2 aliphatic carbocycles. The quantitative estimate of drug-likeness (QED) is 0.161. The van der Waals surface area contributed by atoms with Crippen LogP contribution in [0.15, 0.2) is 85.8 Å². The fourth-order valence-electron chi connectivity index (χ4n) is 7.63. The highest BCUT2D eigenvalue weighted by molar-refractivity contribution is 6.20. The number of fused-ring (bicyclic) bond motifs is 5. The smallest absolute Gasteiger partial charge is 0.420 e. The maximum Gasteiger partial charge on any atom is 0.487 e. The van der Waals surface area contributed by atoms with E-state index in [0.29, 0.717) is 47.8 Å². The van der Waals surface area contributed by atoms with Crippen molar-refractivity contribution in [1.82, 2.24) is 34.7 Å². The number of rotatable bonds is 7. The van der Waals surface area contributed by atoms with Crippen molar-refractivity contribution in [3.05, 3.63) is 108 Å². The number of ether oxygens (including phenoxy) is 1. The van der Waals surface area contributed by atoms with Crippen LogP contribution in [0.5, 0.6) is 5.75 Å². The molecule has 4 aromatic heterocycles. The van der Waals surface area contributed by atoms with Crippen molar-refractivity contribution in [1.29, 1.82) is 0 Å². The van der Waals surface area contributed by atoms with Crippen LogP contribution in [0, 0.1) is 0 Å². The van der Waals surface area contributed by atoms with Gasteiger partial charge in [0.1, 0.15) is 12.1 Å². The molecule has 0 atom stereocenters. The topological polar surface area (TPSA) is 150 Å². The fourth-order valence-corrected chi connectivity index (χ4v) is 7.72. The van der Waals surface area contributed by atoms with E-state index in [2.05, 4.69) is 30.3 Å². The van der Waals surface area contributed by atoms with E-state index >= 15 is 0 Å². The molecule has 5 heterocycles. The Kier molecular flexibility index (Phi) is 7.73. The van der Waals surface area contributed by atoms with Gasteiger partial charge in [-0.25, -0.2) is 24.6 Å². The zero-order chi connectivity index (χ0) is 36.3. The molecular formula is C38H28ClF2N9O3. The SMILES string of the molecule is O=C(Nc1ccc(OC(F)(F)Cl)cc1)c1cc2c(c(-c3cnc4c(c3)-c3nn(-c5nccc(-c6cncnc6)n5)cc3C4)c1)C1(CCCCC1)C(=O)N2. The van der Waals surface area contributed by atoms with Crippen LogP contribution in [0.2, 0.25) is 0 Å². The second-order valence-electron chi connectivity index (χ2n) is 13.3. The molecule has 264 valence electrons. The minimum Gasteiger partial charge on any atom is -0.420 e. The van der Waals surface area contributed by atoms with Gasteiger partial charge in [0.15, 0.2) is 0 Å². The van der Waals surface area contributed by atoms with Crippen molar-refractivity contribution in [2.24, 2.45) is 0 Å². The number of halogens is 3. The predicted octanol–water partition coefficient (Wildman–Crippen LogP) is 7.33. The average Bonchev–Trinajstić information content (AvgIpc) is 3.81. The molecule has 15 heteroatoms. The Bertz CT molecular complexity index is 2430. The lowest BCUT2D eigenvalue weighted by Gasteiger charge is -2.33. The molecule has 2 amide bonds. The second-order valence-corrected chi connectivity index (χ2v) is 13.7. The van der Waals surface area contributed by atoms with Gasteiger partial charge in [0.2, 0.25) is 5.91 Å². The first kappa shape index (κ1) is 32.7. The number of amides is 2. The molecular weight excluding hydrogens is 704 g/mol. The number of carbonyl (C=O) groups excluding carboxylic acids is 2. The Balaban J connectivity index is 1.09. The van der Waals surface area contributed by atoms with Gasteiger partial charge >= 0.3 is 5.57 Å². The van der Waals surface area contributed by atoms with Crippen LogP contribution in [-0.4, -0.2) is 52.1 Å². The van der Waals surface area contributed by atoms with Crippen LogP contribution >= 0.6 is 11.6 Å². The first-order valence-electron chi connectivity index (χ1n) is 17.0. The molecule has 0 bridgehead atoms. The Morgan fingerprint density at radius 3 is 2.53 bits per heavy atom. The molecule has 1 spiro atoms. The molecule has 1 aliphatic heterocycles. The number of hydrogen-bond donors (Lipinski definition) is 2. The van der Waals surface area contributed by atoms with E-state index in [4.69, 9.17) is 26.7 Å². The highest BCUT2D eigenvalue weighted by Gasteiger charge is 2.49. The van der Waals surface area contributed by atoms with Crippen LogP contribution in [0.25, 0.3) is 39.6 Å². The van der Waals surface area contributed by atoms with E-state index in [1.54, 1.807) is 47.7 Å². The van der Waals surface area contributed by atoms with Crippen LogP contribution in [0.4, 0.5) is 20.2 Å². The molecule has 2 N–H and O–H groups in total. The number of benzene rings is 2. The van der Waals surface area contributed by atoms with Gasteiger partial charge in [-0.2, -0.15) is 5.10 Å². The van der Waals surface area contributed by atoms with Gasteiger partial charge in [0, 0.05) is 88.2 Å². The molecule has 1 fully saturated rings. The third kappa shape index (κ3) is 5.94. The van der Waals surface area contributed by atoms with Gasteiger partial charge < -0.3 is 15.4 Å². The van der Waals surface area contributed by atoms with E-state index in [0.717, 1.165) is 64.0 Å². The minimum absolute atomic E-state index is 0.0721. The van der Waals surface area contributed by atoms with Gasteiger partial charge in [0.25, 0.3) is 11.9 Å². The number of carbonyl (C=O) groups is 2. The zero-order valence-corrected chi connectivity index (χ0v) is 28.6. The maximum absolute atomic E-state index is 13.8. The normalized spacial score (nSPS) is 15.4. The average molecular weight is 732 g/mol. The van der Waals surface area contributed by atoms with Crippen molar-refractivity contribution < 1.29 is 23.1 Å². The summed E-state index contributed by atoms with van der Waals surface area (Å²) in [5, 5.41) is 10.8. The number of aromatic nitrogens is 7. The molecule has 6 aromatic rings. The van der Waals surface area contributed by atoms with Gasteiger partial charge in [0.05, 0.1) is 22.5 Å². The van der Waals surface area contributed by atoms with E-state index in [-0.39, 0.29) is 11.7 Å². The van der Waals surface area contributed by atoms with Gasteiger partial charge in [-0.15, -0.1) is 8.78 Å². The summed E-state index contributed by atoms with van der Waals surface area (Å²) in [6.45, 7) is 0. The lowest BCUT2D eigenvalue weighted by molar-refractivity contribution is -0.121. The monoisotopic (exact) mass is 731 g/mol. The van der Waals surface area contributed by atoms with Crippen molar-refractivity contribution in [3.63, 3.8) is 0 Å². The highest BCUT2D eigenvalue weighted by atomic mass is 35.5. The molecule has 2 aromatic carbocycles. The van der Waals surface area contributed by atoms with Crippen LogP contribution < -0.4 is 15.4 Å². The van der Waals surface area contributed by atoms with E-state index in [1.165, 1.54) is 30.6 Å². The Labute approximate surface area is 305 Å². The van der Waals surface area contributed by atoms with Crippen molar-refractivity contribution in [2.75, 3.05) is 10.6 Å². The summed E-state index contributed by atoms with van der Waals surface area (Å²) in [7, 11) is 0. The van der Waals surface area contributed by atoms with Gasteiger partial charge in [-0.3, -0.25) is 14.6 Å². The Hall–Kier alpha value is -6.15. The lowest BCUT2D eigenvalue weighted by Crippen LogP contribution is -2.36. The van der Waals surface area contributed by atoms with Crippen molar-refractivity contribution >= 4 is 34.8 Å². The molecule has 0 saturated heterocycles. The summed E-state index contributed by atoms with van der Waals surface area (Å²) in [5.74, 6) is -0.296. The van der Waals surface area contributed by atoms with E-state index in [1.807, 2.05) is 12.3 Å². The number of hydrogen-bond acceptors (Lipinski definition) is 9. The highest BCUT2D eigenvalue weighted by Crippen LogP contribution is 2.52. The summed E-state index contributed by atoms with van der Waals surface area (Å²) in [4.78, 5) is 49.7. The van der Waals surface area contributed by atoms with E-state index in [9.17, 15) is 18.4 Å². The summed E-state index contributed by atoms with van der Waals surface area (Å²) < 4.78 is 32.2. The Morgan fingerprint density at radius 1 is 0.962 bits per heavy atom. The van der Waals surface area contributed by atoms with Crippen LogP contribution in [-0.2, 0) is 16.6 Å². The molecule has 1 saturated carbocycles. The number of anilines is 2. The summed E-state index contributed by atoms with van der Waals surface area (Å²) in [5.41, 5.74) is 3.80. The van der Waals surface area contributed by atoms with E-state index < -0.39 is 16.9 Å². The van der Waals surface area contributed by atoms with Gasteiger partial charge in [-0.1, -0.05) is 19.3 Å². The third-order valence-corrected chi connectivity index (χ3v) is 10.1. The third-order valence-electron chi connectivity index (χ3n) is 10.0. The van der Waals surface area contributed by atoms with Crippen LogP contribution in [0.3, 0.4) is 0 Å². The summed E-state index contributed by atoms with van der Waals surface area (Å²) >= 11 is 4.88. The molecule has 9 rings (SSSR count). The van der Waals surface area contributed by atoms with Crippen molar-refractivity contribution in [2.45, 2.75) is 49.5 Å². The first-order chi connectivity index (χ1) is 25.6. The summed E-state index contributed by atoms with van der Waals surface area (Å²) in [6, 6.07) is 12.7. The molecule has 12 nitrogen and oxygen atoms in total. The molecule has 53 heavy (non-hydrogen) atoms. The fraction of sp³-hybridized carbons (Fsp3) is 0.211. The largest absolute Gasteiger partial charge is 0.487 e. The number of pyridine rings is 1. The number of alkyl halides is 3. The standard InChI is InChI=1S/C38H28ClF2N9O3/c39-38(40,41)53-26-6-4-25(5-7-26)46-34(51)21-12-27(32-31(14-21)47-35(52)37(32)9-2-1-3-10-37)22-13-28-30(45-18-22)15-23-19-50(49-33(23)28)36-44-11-8-29(48-36)24-16-42-20-43-17-24/h4-8,11-14,16-20H,1-3,9-10,15H2,(H,46,51)(H,47,52).